The third-order valence-corrected chi connectivity index (χ3v) is 5.55. The lowest BCUT2D eigenvalue weighted by molar-refractivity contribution is -0.130. The van der Waals surface area contributed by atoms with E-state index in [1.807, 2.05) is 10.3 Å². The predicted octanol–water partition coefficient (Wildman–Crippen LogP) is 1.86. The van der Waals surface area contributed by atoms with Crippen molar-refractivity contribution >= 4 is 28.2 Å². The maximum Gasteiger partial charge on any atom is 0.241 e. The minimum Gasteiger partial charge on any atom is -0.375 e. The lowest BCUT2D eigenvalue weighted by Gasteiger charge is -2.36. The second-order valence-corrected chi connectivity index (χ2v) is 7.50. The van der Waals surface area contributed by atoms with Gasteiger partial charge in [0.1, 0.15) is 5.82 Å². The van der Waals surface area contributed by atoms with Crippen LogP contribution >= 0.6 is 11.3 Å². The van der Waals surface area contributed by atoms with Crippen molar-refractivity contribution < 1.29 is 4.79 Å². The summed E-state index contributed by atoms with van der Waals surface area (Å²) in [4.78, 5) is 21.0. The molecule has 3 rings (SSSR count). The van der Waals surface area contributed by atoms with E-state index in [-0.39, 0.29) is 5.91 Å². The van der Waals surface area contributed by atoms with Gasteiger partial charge in [0.2, 0.25) is 5.91 Å². The fourth-order valence-electron chi connectivity index (χ4n) is 3.52. The van der Waals surface area contributed by atoms with Crippen molar-refractivity contribution in [2.24, 2.45) is 5.92 Å². The van der Waals surface area contributed by atoms with Crippen LogP contribution in [0.1, 0.15) is 32.1 Å². The van der Waals surface area contributed by atoms with Crippen LogP contribution in [0, 0.1) is 5.92 Å². The monoisotopic (exact) mass is 337 g/mol. The number of nitrogens with two attached hydrogens (primary N) is 1. The number of thiazole rings is 1. The Morgan fingerprint density at radius 3 is 2.65 bits per heavy atom. The van der Waals surface area contributed by atoms with Crippen molar-refractivity contribution in [1.82, 2.24) is 14.8 Å². The number of carbonyl (C=O) groups is 1. The molecule has 0 aliphatic carbocycles. The van der Waals surface area contributed by atoms with Gasteiger partial charge in [-0.2, -0.15) is 0 Å². The van der Waals surface area contributed by atoms with Crippen LogP contribution in [0.3, 0.4) is 0 Å². The number of nitrogens with one attached hydrogen (secondary N) is 1. The van der Waals surface area contributed by atoms with Crippen molar-refractivity contribution in [2.45, 2.75) is 32.1 Å². The zero-order chi connectivity index (χ0) is 16.1. The van der Waals surface area contributed by atoms with E-state index < -0.39 is 0 Å². The van der Waals surface area contributed by atoms with E-state index >= 15 is 0 Å². The van der Waals surface area contributed by atoms with Gasteiger partial charge in [-0.3, -0.25) is 4.79 Å². The highest BCUT2D eigenvalue weighted by molar-refractivity contribution is 7.13. The van der Waals surface area contributed by atoms with E-state index in [9.17, 15) is 4.79 Å². The third-order valence-electron chi connectivity index (χ3n) is 4.87. The zero-order valence-electron chi connectivity index (χ0n) is 13.7. The fraction of sp³-hybridized carbons (Fsp3) is 0.750. The molecule has 23 heavy (non-hydrogen) atoms. The smallest absolute Gasteiger partial charge is 0.241 e. The maximum atomic E-state index is 12.3. The average molecular weight is 337 g/mol. The summed E-state index contributed by atoms with van der Waals surface area (Å²) in [6.45, 7) is 5.83. The summed E-state index contributed by atoms with van der Waals surface area (Å²) in [5, 5.41) is 5.43. The Kier molecular flexibility index (Phi) is 5.72. The lowest BCUT2D eigenvalue weighted by Crippen LogP contribution is -2.44. The van der Waals surface area contributed by atoms with Gasteiger partial charge in [-0.1, -0.05) is 6.42 Å². The Bertz CT molecular complexity index is 506. The molecule has 6 nitrogen and oxygen atoms in total. The Morgan fingerprint density at radius 2 is 2.00 bits per heavy atom. The molecule has 0 aromatic carbocycles. The minimum atomic E-state index is 0.160. The summed E-state index contributed by atoms with van der Waals surface area (Å²) in [5.74, 6) is 1.61. The molecular formula is C16H27N5OS. The standard InChI is InChI=1S/C16H27N5OS/c17-16-19-14(12-23-16)18-10-15(22)21-8-4-13(5-9-21)11-20-6-2-1-3-7-20/h12-13,18H,1-11H2,(H2,17,19). The van der Waals surface area contributed by atoms with Gasteiger partial charge < -0.3 is 20.9 Å². The number of aromatic nitrogens is 1. The first kappa shape index (κ1) is 16.5. The van der Waals surface area contributed by atoms with Crippen molar-refractivity contribution in [3.63, 3.8) is 0 Å². The van der Waals surface area contributed by atoms with Gasteiger partial charge in [0, 0.05) is 25.0 Å². The number of piperidine rings is 2. The number of hydrogen-bond acceptors (Lipinski definition) is 6. The molecule has 2 aliphatic rings. The quantitative estimate of drug-likeness (QED) is 0.858. The SMILES string of the molecule is Nc1nc(NCC(=O)N2CCC(CN3CCCCC3)CC2)cs1. The van der Waals surface area contributed by atoms with Crippen LogP contribution < -0.4 is 11.1 Å². The van der Waals surface area contributed by atoms with Crippen molar-refractivity contribution in [1.29, 1.82) is 0 Å². The normalized spacial score (nSPS) is 20.6. The number of likely N-dealkylation sites (tertiary alicyclic amines) is 2. The summed E-state index contributed by atoms with van der Waals surface area (Å²) < 4.78 is 0. The van der Waals surface area contributed by atoms with E-state index in [4.69, 9.17) is 5.73 Å². The van der Waals surface area contributed by atoms with Crippen LogP contribution in [0.2, 0.25) is 0 Å². The van der Waals surface area contributed by atoms with Crippen LogP contribution in [-0.2, 0) is 4.79 Å². The Balaban J connectivity index is 1.37. The lowest BCUT2D eigenvalue weighted by atomic mass is 9.95. The largest absolute Gasteiger partial charge is 0.375 e. The molecule has 0 saturated carbocycles. The molecule has 1 aromatic rings. The summed E-state index contributed by atoms with van der Waals surface area (Å²) in [6, 6.07) is 0. The van der Waals surface area contributed by atoms with Crippen molar-refractivity contribution in [3.8, 4) is 0 Å². The molecular weight excluding hydrogens is 310 g/mol. The number of anilines is 2. The molecule has 2 fully saturated rings. The molecule has 128 valence electrons. The number of nitrogens with zero attached hydrogens (tertiary/aromatic N) is 3. The molecule has 2 saturated heterocycles. The van der Waals surface area contributed by atoms with Crippen LogP contribution in [0.25, 0.3) is 0 Å². The molecule has 1 amide bonds. The number of hydrogen-bond donors (Lipinski definition) is 2. The Labute approximate surface area is 142 Å². The van der Waals surface area contributed by atoms with E-state index in [2.05, 4.69) is 15.2 Å². The number of carbonyl (C=O) groups excluding carboxylic acids is 1. The van der Waals surface area contributed by atoms with Crippen molar-refractivity contribution in [2.75, 3.05) is 50.3 Å². The van der Waals surface area contributed by atoms with Gasteiger partial charge in [0.15, 0.2) is 5.13 Å². The molecule has 3 heterocycles. The molecule has 3 N–H and O–H groups in total. The summed E-state index contributed by atoms with van der Waals surface area (Å²) >= 11 is 1.38. The van der Waals surface area contributed by atoms with Crippen molar-refractivity contribution in [3.05, 3.63) is 5.38 Å². The number of rotatable bonds is 5. The van der Waals surface area contributed by atoms with Crippen LogP contribution in [-0.4, -0.2) is 60.0 Å². The van der Waals surface area contributed by atoms with E-state index in [1.165, 1.54) is 50.2 Å². The highest BCUT2D eigenvalue weighted by atomic mass is 32.1. The molecule has 0 atom stereocenters. The second-order valence-electron chi connectivity index (χ2n) is 6.61. The highest BCUT2D eigenvalue weighted by Gasteiger charge is 2.24. The first-order valence-corrected chi connectivity index (χ1v) is 9.53. The minimum absolute atomic E-state index is 0.160. The van der Waals surface area contributed by atoms with Gasteiger partial charge >= 0.3 is 0 Å². The van der Waals surface area contributed by atoms with E-state index in [1.54, 1.807) is 0 Å². The van der Waals surface area contributed by atoms with Crippen LogP contribution in [0.5, 0.6) is 0 Å². The maximum absolute atomic E-state index is 12.3. The average Bonchev–Trinajstić information content (AvgIpc) is 3.00. The molecule has 0 unspecified atom stereocenters. The first-order valence-electron chi connectivity index (χ1n) is 8.66. The van der Waals surface area contributed by atoms with Gasteiger partial charge in [0.25, 0.3) is 0 Å². The van der Waals surface area contributed by atoms with Crippen LogP contribution in [0.4, 0.5) is 10.9 Å². The summed E-state index contributed by atoms with van der Waals surface area (Å²) in [6.07, 6.45) is 6.35. The fourth-order valence-corrected chi connectivity index (χ4v) is 4.04. The highest BCUT2D eigenvalue weighted by Crippen LogP contribution is 2.21. The number of amides is 1. The molecule has 0 spiro atoms. The Morgan fingerprint density at radius 1 is 1.26 bits per heavy atom. The number of nitrogen functional groups attached to an aromatic ring is 1. The topological polar surface area (TPSA) is 74.5 Å². The Hall–Kier alpha value is -1.34. The van der Waals surface area contributed by atoms with Gasteiger partial charge in [0.05, 0.1) is 6.54 Å². The van der Waals surface area contributed by atoms with E-state index in [0.29, 0.717) is 17.5 Å². The van der Waals surface area contributed by atoms with Gasteiger partial charge in [-0.05, 0) is 44.7 Å². The van der Waals surface area contributed by atoms with Gasteiger partial charge in [-0.25, -0.2) is 4.98 Å². The summed E-state index contributed by atoms with van der Waals surface area (Å²) in [7, 11) is 0. The summed E-state index contributed by atoms with van der Waals surface area (Å²) in [5.41, 5.74) is 5.59. The first-order chi connectivity index (χ1) is 11.2. The molecule has 1 aromatic heterocycles. The molecule has 0 radical (unpaired) electrons. The molecule has 0 bridgehead atoms. The van der Waals surface area contributed by atoms with E-state index in [0.717, 1.165) is 31.8 Å². The third kappa shape index (κ3) is 4.81. The zero-order valence-corrected chi connectivity index (χ0v) is 14.5. The molecule has 2 aliphatic heterocycles. The second kappa shape index (κ2) is 7.97. The van der Waals surface area contributed by atoms with Gasteiger partial charge in [-0.15, -0.1) is 11.3 Å². The molecule has 7 heteroatoms. The van der Waals surface area contributed by atoms with Crippen LogP contribution in [0.15, 0.2) is 5.38 Å². The predicted molar refractivity (Wildman–Crippen MR) is 94.6 cm³/mol.